The van der Waals surface area contributed by atoms with Crippen LogP contribution < -0.4 is 4.74 Å². The van der Waals surface area contributed by atoms with Gasteiger partial charge >= 0.3 is 5.97 Å². The summed E-state index contributed by atoms with van der Waals surface area (Å²) in [5.41, 5.74) is 3.97. The topological polar surface area (TPSA) is 43.4 Å². The van der Waals surface area contributed by atoms with Gasteiger partial charge in [0.25, 0.3) is 0 Å². The molecule has 0 radical (unpaired) electrons. The smallest absolute Gasteiger partial charge is 0.343 e. The van der Waals surface area contributed by atoms with E-state index < -0.39 is 5.97 Å². The van der Waals surface area contributed by atoms with Gasteiger partial charge in [0.1, 0.15) is 5.75 Å². The molecule has 0 unspecified atom stereocenters. The van der Waals surface area contributed by atoms with Crippen LogP contribution in [0.3, 0.4) is 0 Å². The molecule has 1 heterocycles. The van der Waals surface area contributed by atoms with Crippen LogP contribution in [0.5, 0.6) is 5.75 Å². The number of Topliss-reactive ketones (excluding diaryl/α,β-unsaturated/α-hetero) is 1. The molecule has 0 N–H and O–H groups in total. The number of allylic oxidation sites excluding steroid dienone is 1. The number of hydrogen-bond acceptors (Lipinski definition) is 4. The van der Waals surface area contributed by atoms with Crippen LogP contribution >= 0.6 is 11.8 Å². The van der Waals surface area contributed by atoms with Crippen LogP contribution in [0.25, 0.3) is 17.2 Å². The summed E-state index contributed by atoms with van der Waals surface area (Å²) >= 11 is 1.43. The molecule has 0 spiro atoms. The molecule has 4 heteroatoms. The fourth-order valence-corrected chi connectivity index (χ4v) is 4.60. The monoisotopic (exact) mass is 434 g/mol. The van der Waals surface area contributed by atoms with Gasteiger partial charge in [0.2, 0.25) is 5.78 Å². The molecule has 0 amide bonds. The highest BCUT2D eigenvalue weighted by Gasteiger charge is 2.25. The number of fused-ring (bicyclic) bond motifs is 1. The Kier molecular flexibility index (Phi) is 5.44. The lowest BCUT2D eigenvalue weighted by Gasteiger charge is -2.09. The van der Waals surface area contributed by atoms with E-state index in [4.69, 9.17) is 4.74 Å². The van der Waals surface area contributed by atoms with E-state index in [1.54, 1.807) is 24.3 Å². The maximum absolute atomic E-state index is 12.8. The zero-order valence-electron chi connectivity index (χ0n) is 17.0. The fourth-order valence-electron chi connectivity index (χ4n) is 3.56. The normalized spacial score (nSPS) is 13.8. The first-order valence-corrected chi connectivity index (χ1v) is 11.0. The molecule has 1 aliphatic heterocycles. The van der Waals surface area contributed by atoms with Gasteiger partial charge in [0, 0.05) is 16.0 Å². The molecule has 3 nitrogen and oxygen atoms in total. The van der Waals surface area contributed by atoms with Gasteiger partial charge in [-0.2, -0.15) is 0 Å². The minimum atomic E-state index is -0.441. The van der Waals surface area contributed by atoms with Gasteiger partial charge in [0.15, 0.2) is 0 Å². The van der Waals surface area contributed by atoms with Crippen molar-refractivity contribution in [3.8, 4) is 16.9 Å². The highest BCUT2D eigenvalue weighted by molar-refractivity contribution is 8.04. The molecule has 0 atom stereocenters. The number of carbonyl (C=O) groups is 2. The Hall–Kier alpha value is -3.89. The van der Waals surface area contributed by atoms with E-state index >= 15 is 0 Å². The van der Waals surface area contributed by atoms with E-state index in [-0.39, 0.29) is 5.78 Å². The van der Waals surface area contributed by atoms with Gasteiger partial charge in [-0.05, 0) is 47.5 Å². The highest BCUT2D eigenvalue weighted by atomic mass is 32.2. The van der Waals surface area contributed by atoms with Gasteiger partial charge < -0.3 is 4.74 Å². The molecule has 0 saturated heterocycles. The first-order chi connectivity index (χ1) is 15.7. The lowest BCUT2D eigenvalue weighted by molar-refractivity contribution is 0.0734. The summed E-state index contributed by atoms with van der Waals surface area (Å²) in [5, 5.41) is 0. The van der Waals surface area contributed by atoms with Crippen molar-refractivity contribution >= 4 is 29.6 Å². The quantitative estimate of drug-likeness (QED) is 0.199. The number of thioether (sulfide) groups is 1. The lowest BCUT2D eigenvalue weighted by atomic mass is 10.0. The molecule has 32 heavy (non-hydrogen) atoms. The minimum absolute atomic E-state index is 0.0109. The third-order valence-corrected chi connectivity index (χ3v) is 6.31. The summed E-state index contributed by atoms with van der Waals surface area (Å²) < 4.78 is 5.70. The number of hydrogen-bond donors (Lipinski definition) is 0. The van der Waals surface area contributed by atoms with E-state index in [1.807, 2.05) is 84.9 Å². The predicted molar refractivity (Wildman–Crippen MR) is 128 cm³/mol. The molecule has 5 rings (SSSR count). The summed E-state index contributed by atoms with van der Waals surface area (Å²) in [4.78, 5) is 27.0. The molecule has 154 valence electrons. The van der Waals surface area contributed by atoms with Crippen LogP contribution in [-0.4, -0.2) is 11.8 Å². The summed E-state index contributed by atoms with van der Waals surface area (Å²) in [7, 11) is 0. The number of rotatable bonds is 4. The van der Waals surface area contributed by atoms with Gasteiger partial charge in [-0.1, -0.05) is 84.6 Å². The van der Waals surface area contributed by atoms with Gasteiger partial charge in [-0.15, -0.1) is 0 Å². The molecular formula is C28H18O3S. The Balaban J connectivity index is 1.37. The Bertz CT molecular complexity index is 1340. The molecular weight excluding hydrogens is 416 g/mol. The number of esters is 1. The lowest BCUT2D eigenvalue weighted by Crippen LogP contribution is -2.09. The van der Waals surface area contributed by atoms with Gasteiger partial charge in [-0.3, -0.25) is 4.79 Å². The van der Waals surface area contributed by atoms with E-state index in [9.17, 15) is 9.59 Å². The number of carbonyl (C=O) groups excluding carboxylic acids is 2. The molecule has 0 bridgehead atoms. The second-order valence-electron chi connectivity index (χ2n) is 7.31. The van der Waals surface area contributed by atoms with Crippen LogP contribution in [0.15, 0.2) is 113 Å². The maximum Gasteiger partial charge on any atom is 0.343 e. The average molecular weight is 435 g/mol. The standard InChI is InChI=1S/C28H18O3S/c29-27-23-11-5-7-13-25(23)32-26(27)18-22-10-4-6-12-24(22)31-28(30)21-16-14-20(15-17-21)19-8-2-1-3-9-19/h1-18H/b26-18-. The van der Waals surface area contributed by atoms with Crippen LogP contribution in [0.2, 0.25) is 0 Å². The van der Waals surface area contributed by atoms with Crippen LogP contribution in [0.4, 0.5) is 0 Å². The molecule has 0 fully saturated rings. The van der Waals surface area contributed by atoms with Crippen molar-refractivity contribution in [3.05, 3.63) is 125 Å². The maximum atomic E-state index is 12.8. The Morgan fingerprint density at radius 1 is 0.719 bits per heavy atom. The summed E-state index contributed by atoms with van der Waals surface area (Å²) in [5.74, 6) is -0.0335. The molecule has 4 aromatic carbocycles. The molecule has 0 aliphatic carbocycles. The number of ketones is 1. The molecule has 0 saturated carbocycles. The van der Waals surface area contributed by atoms with Crippen LogP contribution in [-0.2, 0) is 0 Å². The third kappa shape index (κ3) is 4.01. The summed E-state index contributed by atoms with van der Waals surface area (Å²) in [6.07, 6.45) is 1.79. The molecule has 1 aliphatic rings. The Morgan fingerprint density at radius 3 is 2.16 bits per heavy atom. The Morgan fingerprint density at radius 2 is 1.38 bits per heavy atom. The summed E-state index contributed by atoms with van der Waals surface area (Å²) in [6, 6.07) is 32.1. The SMILES string of the molecule is O=C(Oc1ccccc1/C=C1\Sc2ccccc2C1=O)c1ccc(-c2ccccc2)cc1. The molecule has 0 aromatic heterocycles. The number of ether oxygens (including phenoxy) is 1. The second-order valence-corrected chi connectivity index (χ2v) is 8.39. The third-order valence-electron chi connectivity index (χ3n) is 5.21. The van der Waals surface area contributed by atoms with E-state index in [2.05, 4.69) is 0 Å². The van der Waals surface area contributed by atoms with Crippen molar-refractivity contribution in [2.24, 2.45) is 0 Å². The van der Waals surface area contributed by atoms with Crippen LogP contribution in [0, 0.1) is 0 Å². The first kappa shape index (κ1) is 20.0. The number of benzene rings is 4. The average Bonchev–Trinajstić information content (AvgIpc) is 3.16. The van der Waals surface area contributed by atoms with Gasteiger partial charge in [-0.25, -0.2) is 4.79 Å². The highest BCUT2D eigenvalue weighted by Crippen LogP contribution is 2.41. The summed E-state index contributed by atoms with van der Waals surface area (Å²) in [6.45, 7) is 0. The van der Waals surface area contributed by atoms with E-state index in [0.717, 1.165) is 16.0 Å². The van der Waals surface area contributed by atoms with Crippen molar-refractivity contribution in [3.63, 3.8) is 0 Å². The van der Waals surface area contributed by atoms with E-state index in [1.165, 1.54) is 11.8 Å². The largest absolute Gasteiger partial charge is 0.422 e. The van der Waals surface area contributed by atoms with Gasteiger partial charge in [0.05, 0.1) is 10.5 Å². The first-order valence-electron chi connectivity index (χ1n) is 10.2. The fraction of sp³-hybridized carbons (Fsp3) is 0. The van der Waals surface area contributed by atoms with Crippen LogP contribution in [0.1, 0.15) is 26.3 Å². The van der Waals surface area contributed by atoms with Crippen molar-refractivity contribution in [1.82, 2.24) is 0 Å². The van der Waals surface area contributed by atoms with E-state index in [0.29, 0.717) is 27.3 Å². The zero-order valence-corrected chi connectivity index (χ0v) is 17.8. The van der Waals surface area contributed by atoms with Crippen molar-refractivity contribution < 1.29 is 14.3 Å². The zero-order chi connectivity index (χ0) is 21.9. The molecule has 4 aromatic rings. The Labute approximate surface area is 190 Å². The minimum Gasteiger partial charge on any atom is -0.422 e. The van der Waals surface area contributed by atoms with Crippen molar-refractivity contribution in [1.29, 1.82) is 0 Å². The van der Waals surface area contributed by atoms with Crippen molar-refractivity contribution in [2.75, 3.05) is 0 Å². The number of para-hydroxylation sites is 1. The van der Waals surface area contributed by atoms with Crippen molar-refractivity contribution in [2.45, 2.75) is 4.90 Å². The predicted octanol–water partition coefficient (Wildman–Crippen LogP) is 6.90. The second kappa shape index (κ2) is 8.69.